The normalized spacial score (nSPS) is 22.3. The summed E-state index contributed by atoms with van der Waals surface area (Å²) >= 11 is 0. The Bertz CT molecular complexity index is 193. The lowest BCUT2D eigenvalue weighted by atomic mass is 10.2. The highest BCUT2D eigenvalue weighted by Gasteiger charge is 2.22. The summed E-state index contributed by atoms with van der Waals surface area (Å²) in [6, 6.07) is 0. The molecule has 2 heteroatoms. The van der Waals surface area contributed by atoms with Crippen LogP contribution in [-0.2, 0) is 4.79 Å². The number of likely N-dealkylation sites (tertiary alicyclic amines) is 1. The summed E-state index contributed by atoms with van der Waals surface area (Å²) in [6.45, 7) is 6.22. The number of allylic oxidation sites excluding steroid dienone is 1. The molecule has 0 spiro atoms. The highest BCUT2D eigenvalue weighted by molar-refractivity contribution is 5.96. The molecule has 54 valence electrons. The first kappa shape index (κ1) is 7.06. The second kappa shape index (κ2) is 2.69. The minimum Gasteiger partial charge on any atom is -0.316 e. The van der Waals surface area contributed by atoms with Crippen LogP contribution < -0.4 is 0 Å². The van der Waals surface area contributed by atoms with Crippen LogP contribution in [-0.4, -0.2) is 17.4 Å². The van der Waals surface area contributed by atoms with Gasteiger partial charge in [0.2, 0.25) is 0 Å². The number of hydrogen-bond acceptors (Lipinski definition) is 1. The van der Waals surface area contributed by atoms with Gasteiger partial charge in [0.1, 0.15) is 0 Å². The van der Waals surface area contributed by atoms with Crippen LogP contribution in [0.4, 0.5) is 0 Å². The molecule has 0 saturated carbocycles. The predicted octanol–water partition coefficient (Wildman–Crippen LogP) is 1.31. The third-order valence-corrected chi connectivity index (χ3v) is 1.73. The van der Waals surface area contributed by atoms with Crippen LogP contribution in [0.2, 0.25) is 0 Å². The van der Waals surface area contributed by atoms with Crippen LogP contribution in [0.15, 0.2) is 24.4 Å². The summed E-state index contributed by atoms with van der Waals surface area (Å²) in [6.07, 6.45) is 4.31. The highest BCUT2D eigenvalue weighted by atomic mass is 16.2. The predicted molar refractivity (Wildman–Crippen MR) is 40.3 cm³/mol. The second-order valence-corrected chi connectivity index (χ2v) is 2.25. The number of nitrogens with zero attached hydrogens (tertiary/aromatic N) is 1. The molecule has 0 aromatic carbocycles. The summed E-state index contributed by atoms with van der Waals surface area (Å²) in [7, 11) is 0. The Kier molecular flexibility index (Phi) is 1.90. The van der Waals surface area contributed by atoms with E-state index in [9.17, 15) is 4.79 Å². The van der Waals surface area contributed by atoms with Gasteiger partial charge in [-0.3, -0.25) is 4.79 Å². The van der Waals surface area contributed by atoms with Gasteiger partial charge in [-0.1, -0.05) is 12.7 Å². The quantitative estimate of drug-likeness (QED) is 0.499. The Balaban J connectivity index is 2.76. The van der Waals surface area contributed by atoms with Crippen LogP contribution in [0.25, 0.3) is 0 Å². The Morgan fingerprint density at radius 1 is 1.70 bits per heavy atom. The number of rotatable bonds is 1. The van der Waals surface area contributed by atoms with Crippen molar-refractivity contribution < 1.29 is 4.79 Å². The van der Waals surface area contributed by atoms with Gasteiger partial charge < -0.3 is 4.90 Å². The lowest BCUT2D eigenvalue weighted by Crippen LogP contribution is -2.17. The summed E-state index contributed by atoms with van der Waals surface area (Å²) < 4.78 is 0. The molecule has 1 amide bonds. The van der Waals surface area contributed by atoms with Gasteiger partial charge in [-0.25, -0.2) is 0 Å². The van der Waals surface area contributed by atoms with E-state index in [1.807, 2.05) is 13.0 Å². The van der Waals surface area contributed by atoms with E-state index in [2.05, 4.69) is 6.58 Å². The Morgan fingerprint density at radius 2 is 2.40 bits per heavy atom. The summed E-state index contributed by atoms with van der Waals surface area (Å²) in [5.41, 5.74) is 0.903. The second-order valence-electron chi connectivity index (χ2n) is 2.25. The van der Waals surface area contributed by atoms with Crippen LogP contribution in [0.5, 0.6) is 0 Å². The average molecular weight is 137 g/mol. The molecule has 1 aliphatic heterocycles. The molecule has 0 bridgehead atoms. The van der Waals surface area contributed by atoms with Crippen LogP contribution in [0, 0.1) is 0 Å². The maximum atomic E-state index is 11.2. The Labute approximate surface area is 60.8 Å². The molecule has 1 aliphatic rings. The molecule has 1 saturated heterocycles. The van der Waals surface area contributed by atoms with Crippen molar-refractivity contribution >= 4 is 5.91 Å². The lowest BCUT2D eigenvalue weighted by molar-refractivity contribution is -0.122. The molecule has 0 aromatic rings. The maximum absolute atomic E-state index is 11.2. The zero-order chi connectivity index (χ0) is 7.56. The average Bonchev–Trinajstić information content (AvgIpc) is 2.30. The summed E-state index contributed by atoms with van der Waals surface area (Å²) in [4.78, 5) is 12.8. The summed E-state index contributed by atoms with van der Waals surface area (Å²) in [5.74, 6) is 0.109. The first-order valence-corrected chi connectivity index (χ1v) is 3.38. The molecule has 0 radical (unpaired) electrons. The van der Waals surface area contributed by atoms with E-state index in [0.717, 1.165) is 18.5 Å². The molecule has 0 unspecified atom stereocenters. The van der Waals surface area contributed by atoms with Gasteiger partial charge in [0.25, 0.3) is 5.91 Å². The van der Waals surface area contributed by atoms with Gasteiger partial charge in [0, 0.05) is 12.1 Å². The monoisotopic (exact) mass is 137 g/mol. The third kappa shape index (κ3) is 0.967. The number of amides is 1. The van der Waals surface area contributed by atoms with Crippen molar-refractivity contribution in [2.45, 2.75) is 13.3 Å². The summed E-state index contributed by atoms with van der Waals surface area (Å²) in [5, 5.41) is 0. The van der Waals surface area contributed by atoms with Gasteiger partial charge in [0.15, 0.2) is 0 Å². The standard InChI is InChI=1S/C8H11NO/c1-3-7-5-6-9(4-2)8(7)10/h3-4H,2,5-6H2,1H3/b7-3+. The Morgan fingerprint density at radius 3 is 2.70 bits per heavy atom. The van der Waals surface area contributed by atoms with Crippen molar-refractivity contribution in [2.24, 2.45) is 0 Å². The maximum Gasteiger partial charge on any atom is 0.253 e. The fraction of sp³-hybridized carbons (Fsp3) is 0.375. The van der Waals surface area contributed by atoms with E-state index in [0.29, 0.717) is 0 Å². The lowest BCUT2D eigenvalue weighted by Gasteiger charge is -2.05. The van der Waals surface area contributed by atoms with E-state index in [1.165, 1.54) is 0 Å². The highest BCUT2D eigenvalue weighted by Crippen LogP contribution is 2.15. The first-order valence-electron chi connectivity index (χ1n) is 3.38. The molecule has 10 heavy (non-hydrogen) atoms. The number of carbonyl (C=O) groups is 1. The van der Waals surface area contributed by atoms with Gasteiger partial charge in [-0.05, 0) is 19.5 Å². The van der Waals surface area contributed by atoms with Gasteiger partial charge in [0.05, 0.1) is 0 Å². The van der Waals surface area contributed by atoms with Crippen molar-refractivity contribution in [1.82, 2.24) is 4.90 Å². The van der Waals surface area contributed by atoms with E-state index < -0.39 is 0 Å². The minimum atomic E-state index is 0.109. The van der Waals surface area contributed by atoms with Gasteiger partial charge >= 0.3 is 0 Å². The van der Waals surface area contributed by atoms with Crippen molar-refractivity contribution in [3.63, 3.8) is 0 Å². The molecule has 0 aromatic heterocycles. The zero-order valence-corrected chi connectivity index (χ0v) is 6.13. The van der Waals surface area contributed by atoms with Crippen molar-refractivity contribution in [1.29, 1.82) is 0 Å². The van der Waals surface area contributed by atoms with E-state index >= 15 is 0 Å². The molecule has 2 nitrogen and oxygen atoms in total. The van der Waals surface area contributed by atoms with Gasteiger partial charge in [-0.2, -0.15) is 0 Å². The Hall–Kier alpha value is -1.05. The van der Waals surface area contributed by atoms with Crippen LogP contribution >= 0.6 is 0 Å². The van der Waals surface area contributed by atoms with E-state index in [4.69, 9.17) is 0 Å². The largest absolute Gasteiger partial charge is 0.316 e. The number of carbonyl (C=O) groups excluding carboxylic acids is 1. The molecule has 0 aliphatic carbocycles. The first-order chi connectivity index (χ1) is 4.79. The fourth-order valence-electron chi connectivity index (χ4n) is 1.08. The van der Waals surface area contributed by atoms with Crippen molar-refractivity contribution in [2.75, 3.05) is 6.54 Å². The topological polar surface area (TPSA) is 20.3 Å². The zero-order valence-electron chi connectivity index (χ0n) is 6.13. The molecule has 0 atom stereocenters. The third-order valence-electron chi connectivity index (χ3n) is 1.73. The van der Waals surface area contributed by atoms with Crippen LogP contribution in [0.1, 0.15) is 13.3 Å². The SMILES string of the molecule is C=CN1CC/C(=C\C)C1=O. The van der Waals surface area contributed by atoms with E-state index in [-0.39, 0.29) is 5.91 Å². The van der Waals surface area contributed by atoms with Crippen LogP contribution in [0.3, 0.4) is 0 Å². The van der Waals surface area contributed by atoms with Crippen molar-refractivity contribution in [3.05, 3.63) is 24.4 Å². The molecule has 1 heterocycles. The van der Waals surface area contributed by atoms with Crippen molar-refractivity contribution in [3.8, 4) is 0 Å². The smallest absolute Gasteiger partial charge is 0.253 e. The van der Waals surface area contributed by atoms with Gasteiger partial charge in [-0.15, -0.1) is 0 Å². The molecule has 1 rings (SSSR count). The molecular formula is C8H11NO. The van der Waals surface area contributed by atoms with E-state index in [1.54, 1.807) is 11.1 Å². The number of hydrogen-bond donors (Lipinski definition) is 0. The fourth-order valence-corrected chi connectivity index (χ4v) is 1.08. The molecule has 1 fully saturated rings. The molecule has 0 N–H and O–H groups in total. The minimum absolute atomic E-state index is 0.109. The molecular weight excluding hydrogens is 126 g/mol.